The van der Waals surface area contributed by atoms with Crippen LogP contribution in [0.25, 0.3) is 0 Å². The number of rotatable bonds is 3. The molecule has 0 nitrogen and oxygen atoms in total. The summed E-state index contributed by atoms with van der Waals surface area (Å²) in [6.07, 6.45) is 2.38. The summed E-state index contributed by atoms with van der Waals surface area (Å²) in [5.41, 5.74) is 1.25. The molecule has 0 aliphatic heterocycles. The lowest BCUT2D eigenvalue weighted by Crippen LogP contribution is -2.06. The van der Waals surface area contributed by atoms with E-state index in [1.807, 2.05) is 12.1 Å². The van der Waals surface area contributed by atoms with Gasteiger partial charge < -0.3 is 0 Å². The zero-order chi connectivity index (χ0) is 11.0. The molecule has 1 aromatic carbocycles. The highest BCUT2D eigenvalue weighted by Crippen LogP contribution is 2.44. The van der Waals surface area contributed by atoms with Crippen molar-refractivity contribution in [1.82, 2.24) is 0 Å². The fourth-order valence-electron chi connectivity index (χ4n) is 1.90. The van der Waals surface area contributed by atoms with Crippen LogP contribution in [0.1, 0.15) is 18.9 Å². The topological polar surface area (TPSA) is 0 Å². The fourth-order valence-corrected chi connectivity index (χ4v) is 3.33. The third-order valence-corrected chi connectivity index (χ3v) is 4.79. The Morgan fingerprint density at radius 2 is 2.07 bits per heavy atom. The first-order chi connectivity index (χ1) is 7.08. The van der Waals surface area contributed by atoms with E-state index < -0.39 is 0 Å². The minimum Gasteiger partial charge on any atom is -0.0884 e. The first kappa shape index (κ1) is 11.8. The van der Waals surface area contributed by atoms with Crippen LogP contribution in [-0.4, -0.2) is 4.83 Å². The zero-order valence-electron chi connectivity index (χ0n) is 8.51. The predicted molar refractivity (Wildman–Crippen MR) is 70.2 cm³/mol. The second-order valence-corrected chi connectivity index (χ2v) is 6.34. The van der Waals surface area contributed by atoms with E-state index >= 15 is 0 Å². The van der Waals surface area contributed by atoms with Gasteiger partial charge in [0.1, 0.15) is 0 Å². The van der Waals surface area contributed by atoms with Crippen molar-refractivity contribution in [2.24, 2.45) is 11.8 Å². The number of hydrogen-bond acceptors (Lipinski definition) is 0. The van der Waals surface area contributed by atoms with Gasteiger partial charge in [0.25, 0.3) is 0 Å². The van der Waals surface area contributed by atoms with Crippen LogP contribution in [0.2, 0.25) is 10.0 Å². The summed E-state index contributed by atoms with van der Waals surface area (Å²) in [5.74, 6) is 1.71. The average Bonchev–Trinajstić information content (AvgIpc) is 2.89. The molecule has 1 aliphatic carbocycles. The van der Waals surface area contributed by atoms with Gasteiger partial charge in [0.15, 0.2) is 0 Å². The smallest absolute Gasteiger partial charge is 0.0595 e. The van der Waals surface area contributed by atoms with Gasteiger partial charge in [-0.05, 0) is 42.4 Å². The lowest BCUT2D eigenvalue weighted by molar-refractivity contribution is 0.701. The van der Waals surface area contributed by atoms with Crippen LogP contribution in [0, 0.1) is 11.8 Å². The second kappa shape index (κ2) is 4.65. The normalized spacial score (nSPS) is 26.4. The van der Waals surface area contributed by atoms with Gasteiger partial charge >= 0.3 is 0 Å². The highest BCUT2D eigenvalue weighted by molar-refractivity contribution is 9.09. The first-order valence-electron chi connectivity index (χ1n) is 5.16. The van der Waals surface area contributed by atoms with Crippen molar-refractivity contribution in [1.29, 1.82) is 0 Å². The van der Waals surface area contributed by atoms with E-state index in [-0.39, 0.29) is 0 Å². The molecule has 0 radical (unpaired) electrons. The summed E-state index contributed by atoms with van der Waals surface area (Å²) >= 11 is 15.6. The molecule has 1 aliphatic rings. The Morgan fingerprint density at radius 1 is 1.40 bits per heavy atom. The molecule has 0 saturated heterocycles. The highest BCUT2D eigenvalue weighted by Gasteiger charge is 2.37. The molecule has 2 rings (SSSR count). The lowest BCUT2D eigenvalue weighted by atomic mass is 10.1. The predicted octanol–water partition coefficient (Wildman–Crippen LogP) is 4.96. The zero-order valence-corrected chi connectivity index (χ0v) is 11.6. The number of alkyl halides is 1. The minimum absolute atomic E-state index is 0.574. The van der Waals surface area contributed by atoms with E-state index in [0.29, 0.717) is 14.9 Å². The van der Waals surface area contributed by atoms with Crippen molar-refractivity contribution in [3.05, 3.63) is 33.8 Å². The molecule has 0 heterocycles. The van der Waals surface area contributed by atoms with E-state index in [1.54, 1.807) is 0 Å². The molecule has 3 unspecified atom stereocenters. The number of halogens is 3. The van der Waals surface area contributed by atoms with Crippen molar-refractivity contribution < 1.29 is 0 Å². The van der Waals surface area contributed by atoms with Gasteiger partial charge in [0.05, 0.1) is 10.0 Å². The molecule has 0 aromatic heterocycles. The first-order valence-corrected chi connectivity index (χ1v) is 6.83. The molecule has 0 amide bonds. The Labute approximate surface area is 109 Å². The Hall–Kier alpha value is 0.280. The molecule has 1 fully saturated rings. The largest absolute Gasteiger partial charge is 0.0884 e. The van der Waals surface area contributed by atoms with E-state index in [2.05, 4.69) is 28.9 Å². The Morgan fingerprint density at radius 3 is 2.60 bits per heavy atom. The monoisotopic (exact) mass is 306 g/mol. The molecule has 3 atom stereocenters. The average molecular weight is 308 g/mol. The van der Waals surface area contributed by atoms with Crippen molar-refractivity contribution in [3.63, 3.8) is 0 Å². The fraction of sp³-hybridized carbons (Fsp3) is 0.500. The quantitative estimate of drug-likeness (QED) is 0.693. The minimum atomic E-state index is 0.574. The summed E-state index contributed by atoms with van der Waals surface area (Å²) in [7, 11) is 0. The van der Waals surface area contributed by atoms with Crippen molar-refractivity contribution >= 4 is 39.1 Å². The lowest BCUT2D eigenvalue weighted by Gasteiger charge is -2.09. The van der Waals surface area contributed by atoms with E-state index in [9.17, 15) is 0 Å². The van der Waals surface area contributed by atoms with Crippen LogP contribution < -0.4 is 0 Å². The van der Waals surface area contributed by atoms with Crippen LogP contribution in [-0.2, 0) is 6.42 Å². The van der Waals surface area contributed by atoms with Crippen LogP contribution in [0.4, 0.5) is 0 Å². The van der Waals surface area contributed by atoms with Gasteiger partial charge in [0.2, 0.25) is 0 Å². The van der Waals surface area contributed by atoms with Gasteiger partial charge in [-0.2, -0.15) is 0 Å². The van der Waals surface area contributed by atoms with Gasteiger partial charge in [-0.15, -0.1) is 0 Å². The maximum Gasteiger partial charge on any atom is 0.0595 e. The van der Waals surface area contributed by atoms with Gasteiger partial charge in [0, 0.05) is 4.83 Å². The third-order valence-electron chi connectivity index (χ3n) is 3.05. The molecule has 82 valence electrons. The summed E-state index contributed by atoms with van der Waals surface area (Å²) in [5, 5.41) is 1.28. The van der Waals surface area contributed by atoms with Crippen LogP contribution >= 0.6 is 39.1 Å². The van der Waals surface area contributed by atoms with Crippen LogP contribution in [0.15, 0.2) is 18.2 Å². The maximum atomic E-state index is 5.97. The van der Waals surface area contributed by atoms with Gasteiger partial charge in [-0.25, -0.2) is 0 Å². The van der Waals surface area contributed by atoms with Crippen molar-refractivity contribution in [2.75, 3.05) is 0 Å². The molecular weight excluding hydrogens is 295 g/mol. The highest BCUT2D eigenvalue weighted by atomic mass is 79.9. The van der Waals surface area contributed by atoms with E-state index in [0.717, 1.165) is 18.3 Å². The SMILES string of the molecule is CC1CC1C(Br)Cc1ccc(Cl)c(Cl)c1. The van der Waals surface area contributed by atoms with E-state index in [1.165, 1.54) is 12.0 Å². The summed E-state index contributed by atoms with van der Waals surface area (Å²) in [6.45, 7) is 2.30. The molecule has 1 aromatic rings. The maximum absolute atomic E-state index is 5.97. The summed E-state index contributed by atoms with van der Waals surface area (Å²) in [6, 6.07) is 5.88. The standard InChI is InChI=1S/C12H13BrCl2/c1-7-4-9(7)10(13)5-8-2-3-11(14)12(15)6-8/h2-3,6-7,9-10H,4-5H2,1H3. The molecule has 3 heteroatoms. The number of benzene rings is 1. The summed E-state index contributed by atoms with van der Waals surface area (Å²) < 4.78 is 0. The Kier molecular flexibility index (Phi) is 3.64. The third kappa shape index (κ3) is 2.89. The number of hydrogen-bond donors (Lipinski definition) is 0. The second-order valence-electron chi connectivity index (χ2n) is 4.35. The van der Waals surface area contributed by atoms with Gasteiger partial charge in [-0.1, -0.05) is 52.1 Å². The summed E-state index contributed by atoms with van der Waals surface area (Å²) in [4.78, 5) is 0.574. The Bertz CT molecular complexity index is 365. The van der Waals surface area contributed by atoms with Crippen molar-refractivity contribution in [2.45, 2.75) is 24.6 Å². The molecule has 0 bridgehead atoms. The molecule has 1 saturated carbocycles. The molecule has 0 spiro atoms. The van der Waals surface area contributed by atoms with Crippen LogP contribution in [0.3, 0.4) is 0 Å². The molecule has 15 heavy (non-hydrogen) atoms. The Balaban J connectivity index is 2.01. The van der Waals surface area contributed by atoms with Gasteiger partial charge in [-0.3, -0.25) is 0 Å². The molecule has 0 N–H and O–H groups in total. The van der Waals surface area contributed by atoms with Crippen molar-refractivity contribution in [3.8, 4) is 0 Å². The van der Waals surface area contributed by atoms with E-state index in [4.69, 9.17) is 23.2 Å². The molecular formula is C12H13BrCl2. The van der Waals surface area contributed by atoms with Crippen LogP contribution in [0.5, 0.6) is 0 Å².